The first-order chi connectivity index (χ1) is 12.6. The first-order valence-electron chi connectivity index (χ1n) is 7.97. The number of benzene rings is 1. The van der Waals surface area contributed by atoms with Crippen molar-refractivity contribution in [1.82, 2.24) is 25.2 Å². The number of hydrogen-bond acceptors (Lipinski definition) is 8. The Morgan fingerprint density at radius 3 is 2.88 bits per heavy atom. The van der Waals surface area contributed by atoms with Crippen molar-refractivity contribution in [3.63, 3.8) is 0 Å². The van der Waals surface area contributed by atoms with E-state index < -0.39 is 0 Å². The van der Waals surface area contributed by atoms with Crippen LogP contribution in [0.15, 0.2) is 28.6 Å². The first-order valence-corrected chi connectivity index (χ1v) is 9.77. The highest BCUT2D eigenvalue weighted by Gasteiger charge is 2.20. The lowest BCUT2D eigenvalue weighted by molar-refractivity contribution is 0.102. The van der Waals surface area contributed by atoms with Gasteiger partial charge in [0.2, 0.25) is 5.13 Å². The molecule has 0 spiro atoms. The number of nitrogens with zero attached hydrogens (tertiary/aromatic N) is 5. The van der Waals surface area contributed by atoms with Gasteiger partial charge in [0.05, 0.1) is 12.8 Å². The fourth-order valence-corrected chi connectivity index (χ4v) is 3.91. The smallest absolute Gasteiger partial charge is 0.279 e. The summed E-state index contributed by atoms with van der Waals surface area (Å²) >= 11 is 2.97. The Morgan fingerprint density at radius 2 is 2.12 bits per heavy atom. The molecule has 1 aromatic carbocycles. The van der Waals surface area contributed by atoms with Crippen molar-refractivity contribution in [2.75, 3.05) is 18.2 Å². The van der Waals surface area contributed by atoms with Crippen molar-refractivity contribution >= 4 is 34.1 Å². The quantitative estimate of drug-likeness (QED) is 0.489. The van der Waals surface area contributed by atoms with Crippen LogP contribution in [0.4, 0.5) is 5.13 Å². The van der Waals surface area contributed by atoms with Gasteiger partial charge in [-0.25, -0.2) is 4.68 Å². The van der Waals surface area contributed by atoms with E-state index >= 15 is 0 Å². The van der Waals surface area contributed by atoms with Crippen LogP contribution in [0.1, 0.15) is 29.5 Å². The number of nitrogens with one attached hydrogen (secondary N) is 1. The molecule has 0 saturated carbocycles. The van der Waals surface area contributed by atoms with Crippen LogP contribution in [0.2, 0.25) is 0 Å². The number of amides is 1. The van der Waals surface area contributed by atoms with Crippen LogP contribution in [0.25, 0.3) is 5.69 Å². The zero-order valence-corrected chi connectivity index (χ0v) is 16.2. The van der Waals surface area contributed by atoms with Gasteiger partial charge in [0.25, 0.3) is 5.91 Å². The van der Waals surface area contributed by atoms with Gasteiger partial charge in [-0.2, -0.15) is 0 Å². The van der Waals surface area contributed by atoms with Gasteiger partial charge in [-0.15, -0.1) is 15.3 Å². The highest BCUT2D eigenvalue weighted by Crippen LogP contribution is 2.27. The van der Waals surface area contributed by atoms with E-state index in [2.05, 4.69) is 32.7 Å². The lowest BCUT2D eigenvalue weighted by atomic mass is 10.2. The number of rotatable bonds is 7. The number of anilines is 1. The van der Waals surface area contributed by atoms with E-state index in [-0.39, 0.29) is 11.6 Å². The summed E-state index contributed by atoms with van der Waals surface area (Å²) in [5.74, 6) is 1.25. The molecular formula is C16H18N6O2S2. The van der Waals surface area contributed by atoms with E-state index in [1.165, 1.54) is 11.3 Å². The Kier molecular flexibility index (Phi) is 5.84. The number of thioether (sulfide) groups is 1. The van der Waals surface area contributed by atoms with Crippen LogP contribution in [0.5, 0.6) is 5.75 Å². The third kappa shape index (κ3) is 3.86. The SMILES string of the molecule is CCCSc1nnc(NC(=O)c2nnn(-c3ccccc3OC)c2C)s1. The van der Waals surface area contributed by atoms with Crippen LogP contribution in [-0.2, 0) is 0 Å². The van der Waals surface area contributed by atoms with Crippen LogP contribution in [0, 0.1) is 6.92 Å². The predicted molar refractivity (Wildman–Crippen MR) is 102 cm³/mol. The second kappa shape index (κ2) is 8.28. The minimum atomic E-state index is -0.369. The first kappa shape index (κ1) is 18.3. The maximum absolute atomic E-state index is 12.5. The van der Waals surface area contributed by atoms with Crippen molar-refractivity contribution in [1.29, 1.82) is 0 Å². The average molecular weight is 390 g/mol. The van der Waals surface area contributed by atoms with E-state index in [9.17, 15) is 4.79 Å². The number of carbonyl (C=O) groups excluding carboxylic acids is 1. The lowest BCUT2D eigenvalue weighted by Gasteiger charge is -2.08. The zero-order chi connectivity index (χ0) is 18.5. The van der Waals surface area contributed by atoms with Crippen molar-refractivity contribution in [3.05, 3.63) is 35.7 Å². The summed E-state index contributed by atoms with van der Waals surface area (Å²) < 4.78 is 7.76. The Balaban J connectivity index is 1.79. The van der Waals surface area contributed by atoms with Crippen molar-refractivity contribution in [2.45, 2.75) is 24.6 Å². The molecule has 136 valence electrons. The van der Waals surface area contributed by atoms with Gasteiger partial charge in [0.1, 0.15) is 11.4 Å². The predicted octanol–water partition coefficient (Wildman–Crippen LogP) is 3.19. The monoisotopic (exact) mass is 390 g/mol. The standard InChI is InChI=1S/C16H18N6O2S2/c1-4-9-25-16-20-19-15(26-16)17-14(23)13-10(2)22(21-18-13)11-7-5-6-8-12(11)24-3/h5-8H,4,9H2,1-3H3,(H,17,19,23). The second-order valence-electron chi connectivity index (χ2n) is 5.28. The third-order valence-electron chi connectivity index (χ3n) is 3.48. The Bertz CT molecular complexity index is 908. The normalized spacial score (nSPS) is 10.7. The van der Waals surface area contributed by atoms with E-state index in [4.69, 9.17) is 4.74 Å². The van der Waals surface area contributed by atoms with Crippen molar-refractivity contribution in [3.8, 4) is 11.4 Å². The molecule has 2 heterocycles. The molecule has 0 radical (unpaired) electrons. The van der Waals surface area contributed by atoms with Crippen molar-refractivity contribution < 1.29 is 9.53 Å². The molecule has 0 fully saturated rings. The molecule has 2 aromatic heterocycles. The molecule has 3 rings (SSSR count). The third-order valence-corrected chi connectivity index (χ3v) is 5.66. The van der Waals surface area contributed by atoms with Crippen LogP contribution in [-0.4, -0.2) is 44.0 Å². The highest BCUT2D eigenvalue weighted by atomic mass is 32.2. The Hall–Kier alpha value is -2.46. The molecular weight excluding hydrogens is 372 g/mol. The van der Waals surface area contributed by atoms with Gasteiger partial charge in [-0.05, 0) is 25.5 Å². The van der Waals surface area contributed by atoms with Gasteiger partial charge in [-0.3, -0.25) is 10.1 Å². The summed E-state index contributed by atoms with van der Waals surface area (Å²) in [6, 6.07) is 7.42. The molecule has 0 atom stereocenters. The largest absolute Gasteiger partial charge is 0.494 e. The molecule has 0 unspecified atom stereocenters. The molecule has 0 aliphatic carbocycles. The Morgan fingerprint density at radius 1 is 1.31 bits per heavy atom. The molecule has 8 nitrogen and oxygen atoms in total. The van der Waals surface area contributed by atoms with Gasteiger partial charge in [-0.1, -0.05) is 47.4 Å². The molecule has 1 amide bonds. The molecule has 0 saturated heterocycles. The maximum atomic E-state index is 12.5. The fourth-order valence-electron chi connectivity index (χ4n) is 2.24. The van der Waals surface area contributed by atoms with Crippen LogP contribution in [0.3, 0.4) is 0 Å². The summed E-state index contributed by atoms with van der Waals surface area (Å²) in [6.07, 6.45) is 1.05. The molecule has 0 aliphatic heterocycles. The number of carbonyl (C=O) groups is 1. The van der Waals surface area contributed by atoms with Crippen LogP contribution >= 0.6 is 23.1 Å². The molecule has 10 heteroatoms. The number of methoxy groups -OCH3 is 1. The minimum Gasteiger partial charge on any atom is -0.494 e. The van der Waals surface area contributed by atoms with Gasteiger partial charge < -0.3 is 4.74 Å². The summed E-state index contributed by atoms with van der Waals surface area (Å²) in [7, 11) is 1.59. The van der Waals surface area contributed by atoms with Crippen LogP contribution < -0.4 is 10.1 Å². The lowest BCUT2D eigenvalue weighted by Crippen LogP contribution is -2.14. The molecule has 0 aliphatic rings. The maximum Gasteiger partial charge on any atom is 0.279 e. The summed E-state index contributed by atoms with van der Waals surface area (Å²) in [5, 5.41) is 19.3. The molecule has 1 N–H and O–H groups in total. The fraction of sp³-hybridized carbons (Fsp3) is 0.312. The topological polar surface area (TPSA) is 94.8 Å². The Labute approximate surface area is 159 Å². The average Bonchev–Trinajstić information content (AvgIpc) is 3.26. The summed E-state index contributed by atoms with van der Waals surface area (Å²) in [5.41, 5.74) is 1.55. The van der Waals surface area contributed by atoms with Gasteiger partial charge in [0, 0.05) is 5.75 Å². The van der Waals surface area contributed by atoms with Gasteiger partial charge in [0.15, 0.2) is 10.0 Å². The molecule has 3 aromatic rings. The van der Waals surface area contributed by atoms with E-state index in [0.29, 0.717) is 22.3 Å². The number of hydrogen-bond donors (Lipinski definition) is 1. The zero-order valence-electron chi connectivity index (χ0n) is 14.6. The number of para-hydroxylation sites is 2. The summed E-state index contributed by atoms with van der Waals surface area (Å²) in [4.78, 5) is 12.5. The van der Waals surface area contributed by atoms with E-state index in [1.807, 2.05) is 24.3 Å². The highest BCUT2D eigenvalue weighted by molar-refractivity contribution is 8.01. The van der Waals surface area contributed by atoms with E-state index in [0.717, 1.165) is 16.5 Å². The van der Waals surface area contributed by atoms with Gasteiger partial charge >= 0.3 is 0 Å². The second-order valence-corrected chi connectivity index (χ2v) is 7.60. The minimum absolute atomic E-state index is 0.230. The number of ether oxygens (including phenoxy) is 1. The summed E-state index contributed by atoms with van der Waals surface area (Å²) in [6.45, 7) is 3.88. The number of aromatic nitrogens is 5. The van der Waals surface area contributed by atoms with Crippen molar-refractivity contribution in [2.24, 2.45) is 0 Å². The molecule has 0 bridgehead atoms. The van der Waals surface area contributed by atoms with E-state index in [1.54, 1.807) is 30.5 Å². The molecule has 26 heavy (non-hydrogen) atoms.